The maximum Gasteiger partial charge on any atom is 0.191 e. The third kappa shape index (κ3) is 5.41. The molecule has 4 rings (SSSR count). The van der Waals surface area contributed by atoms with Gasteiger partial charge in [-0.15, -0.1) is 0 Å². The minimum absolute atomic E-state index is 0.254. The fraction of sp³-hybridized carbons (Fsp3) is 0.417. The number of likely N-dealkylation sites (tertiary alicyclic amines) is 1. The van der Waals surface area contributed by atoms with Gasteiger partial charge in [0.1, 0.15) is 23.7 Å². The number of piperidine rings is 1. The summed E-state index contributed by atoms with van der Waals surface area (Å²) in [6, 6.07) is 11.1. The van der Waals surface area contributed by atoms with Crippen LogP contribution in [0.15, 0.2) is 52.0 Å². The van der Waals surface area contributed by atoms with E-state index in [4.69, 9.17) is 9.41 Å². The SMILES string of the molecule is CCNC(=NCc1oc2ccc(F)cc2c1C)NC1CCN(Cc2ccccn2)CC1. The number of rotatable bonds is 6. The number of hydrogen-bond donors (Lipinski definition) is 2. The van der Waals surface area contributed by atoms with Crippen LogP contribution >= 0.6 is 0 Å². The number of pyridine rings is 1. The third-order valence-corrected chi connectivity index (χ3v) is 5.76. The van der Waals surface area contributed by atoms with E-state index < -0.39 is 0 Å². The molecule has 0 aliphatic carbocycles. The zero-order chi connectivity index (χ0) is 21.6. The van der Waals surface area contributed by atoms with Gasteiger partial charge >= 0.3 is 0 Å². The quantitative estimate of drug-likeness (QED) is 0.464. The largest absolute Gasteiger partial charge is 0.459 e. The Bertz CT molecular complexity index is 1030. The minimum Gasteiger partial charge on any atom is -0.459 e. The van der Waals surface area contributed by atoms with Crippen LogP contribution in [0.4, 0.5) is 4.39 Å². The number of hydrogen-bond acceptors (Lipinski definition) is 4. The Balaban J connectivity index is 1.35. The normalized spacial score (nSPS) is 16.0. The van der Waals surface area contributed by atoms with Crippen molar-refractivity contribution in [1.29, 1.82) is 0 Å². The maximum atomic E-state index is 13.6. The third-order valence-electron chi connectivity index (χ3n) is 5.76. The molecule has 1 aliphatic heterocycles. The zero-order valence-electron chi connectivity index (χ0n) is 18.2. The molecule has 6 nitrogen and oxygen atoms in total. The van der Waals surface area contributed by atoms with Crippen LogP contribution < -0.4 is 10.6 Å². The summed E-state index contributed by atoms with van der Waals surface area (Å²) in [5.74, 6) is 1.30. The zero-order valence-corrected chi connectivity index (χ0v) is 18.2. The minimum atomic E-state index is -0.254. The van der Waals surface area contributed by atoms with Crippen molar-refractivity contribution in [2.24, 2.45) is 4.99 Å². The number of nitrogens with zero attached hydrogens (tertiary/aromatic N) is 3. The lowest BCUT2D eigenvalue weighted by atomic mass is 10.0. The number of guanidine groups is 1. The van der Waals surface area contributed by atoms with Crippen molar-refractivity contribution in [3.63, 3.8) is 0 Å². The highest BCUT2D eigenvalue weighted by atomic mass is 19.1. The van der Waals surface area contributed by atoms with Crippen molar-refractivity contribution in [2.45, 2.75) is 45.8 Å². The highest BCUT2D eigenvalue weighted by Crippen LogP contribution is 2.26. The summed E-state index contributed by atoms with van der Waals surface area (Å²) < 4.78 is 19.5. The van der Waals surface area contributed by atoms with E-state index in [1.807, 2.05) is 25.3 Å². The fourth-order valence-electron chi connectivity index (χ4n) is 4.01. The number of aliphatic imine (C=N–C) groups is 1. The maximum absolute atomic E-state index is 13.6. The molecule has 31 heavy (non-hydrogen) atoms. The summed E-state index contributed by atoms with van der Waals surface area (Å²) in [7, 11) is 0. The fourth-order valence-corrected chi connectivity index (χ4v) is 4.01. The first-order valence-electron chi connectivity index (χ1n) is 11.0. The number of furan rings is 1. The predicted molar refractivity (Wildman–Crippen MR) is 121 cm³/mol. The van der Waals surface area contributed by atoms with Crippen LogP contribution in [-0.4, -0.2) is 41.5 Å². The van der Waals surface area contributed by atoms with Gasteiger partial charge in [0.2, 0.25) is 0 Å². The van der Waals surface area contributed by atoms with Crippen molar-refractivity contribution in [3.8, 4) is 0 Å². The van der Waals surface area contributed by atoms with Gasteiger partial charge in [-0.05, 0) is 57.0 Å². The topological polar surface area (TPSA) is 65.7 Å². The van der Waals surface area contributed by atoms with Gasteiger partial charge in [0, 0.05) is 49.4 Å². The van der Waals surface area contributed by atoms with Crippen LogP contribution in [0.1, 0.15) is 36.8 Å². The molecule has 0 unspecified atom stereocenters. The van der Waals surface area contributed by atoms with E-state index in [0.29, 0.717) is 18.2 Å². The van der Waals surface area contributed by atoms with E-state index in [1.54, 1.807) is 6.07 Å². The Morgan fingerprint density at radius 1 is 1.26 bits per heavy atom. The highest BCUT2D eigenvalue weighted by molar-refractivity contribution is 5.82. The monoisotopic (exact) mass is 423 g/mol. The van der Waals surface area contributed by atoms with Crippen molar-refractivity contribution in [1.82, 2.24) is 20.5 Å². The second kappa shape index (κ2) is 9.92. The smallest absolute Gasteiger partial charge is 0.191 e. The van der Waals surface area contributed by atoms with Crippen molar-refractivity contribution >= 4 is 16.9 Å². The molecule has 0 saturated carbocycles. The number of aryl methyl sites for hydroxylation is 1. The molecule has 0 amide bonds. The van der Waals surface area contributed by atoms with Crippen molar-refractivity contribution in [3.05, 3.63) is 65.4 Å². The Hall–Kier alpha value is -2.93. The van der Waals surface area contributed by atoms with Gasteiger partial charge in [-0.25, -0.2) is 9.38 Å². The molecule has 0 atom stereocenters. The first-order valence-corrected chi connectivity index (χ1v) is 11.0. The molecule has 0 spiro atoms. The average molecular weight is 424 g/mol. The van der Waals surface area contributed by atoms with Gasteiger partial charge < -0.3 is 15.1 Å². The molecule has 1 saturated heterocycles. The van der Waals surface area contributed by atoms with E-state index in [2.05, 4.69) is 33.5 Å². The second-order valence-electron chi connectivity index (χ2n) is 8.00. The number of aromatic nitrogens is 1. The van der Waals surface area contributed by atoms with E-state index in [1.165, 1.54) is 12.1 Å². The number of nitrogens with one attached hydrogen (secondary N) is 2. The first kappa shape index (κ1) is 21.3. The summed E-state index contributed by atoms with van der Waals surface area (Å²) in [5, 5.41) is 7.70. The van der Waals surface area contributed by atoms with Gasteiger partial charge in [0.15, 0.2) is 5.96 Å². The van der Waals surface area contributed by atoms with Crippen LogP contribution in [-0.2, 0) is 13.1 Å². The summed E-state index contributed by atoms with van der Waals surface area (Å²) in [6.07, 6.45) is 3.96. The number of halogens is 1. The molecular weight excluding hydrogens is 393 g/mol. The van der Waals surface area contributed by atoms with E-state index in [0.717, 1.165) is 67.4 Å². The average Bonchev–Trinajstić information content (AvgIpc) is 3.09. The van der Waals surface area contributed by atoms with Crippen LogP contribution in [0, 0.1) is 12.7 Å². The Morgan fingerprint density at radius 2 is 2.10 bits per heavy atom. The Morgan fingerprint density at radius 3 is 2.84 bits per heavy atom. The van der Waals surface area contributed by atoms with E-state index >= 15 is 0 Å². The van der Waals surface area contributed by atoms with Crippen LogP contribution in [0.2, 0.25) is 0 Å². The summed E-state index contributed by atoms with van der Waals surface area (Å²) in [6.45, 7) is 8.16. The van der Waals surface area contributed by atoms with Crippen molar-refractivity contribution < 1.29 is 8.81 Å². The molecule has 1 fully saturated rings. The van der Waals surface area contributed by atoms with E-state index in [9.17, 15) is 4.39 Å². The van der Waals surface area contributed by atoms with Gasteiger partial charge in [-0.3, -0.25) is 9.88 Å². The molecule has 3 aromatic rings. The first-order chi connectivity index (χ1) is 15.1. The molecule has 164 valence electrons. The number of fused-ring (bicyclic) bond motifs is 1. The van der Waals surface area contributed by atoms with Gasteiger partial charge in [-0.1, -0.05) is 6.07 Å². The predicted octanol–water partition coefficient (Wildman–Crippen LogP) is 4.00. The van der Waals surface area contributed by atoms with Crippen LogP contribution in [0.3, 0.4) is 0 Å². The summed E-state index contributed by atoms with van der Waals surface area (Å²) in [5.41, 5.74) is 2.75. The summed E-state index contributed by atoms with van der Waals surface area (Å²) >= 11 is 0. The van der Waals surface area contributed by atoms with Crippen LogP contribution in [0.25, 0.3) is 11.0 Å². The lowest BCUT2D eigenvalue weighted by Crippen LogP contribution is -2.48. The summed E-state index contributed by atoms with van der Waals surface area (Å²) in [4.78, 5) is 11.6. The molecular formula is C24H30FN5O. The molecule has 2 N–H and O–H groups in total. The van der Waals surface area contributed by atoms with Crippen LogP contribution in [0.5, 0.6) is 0 Å². The molecule has 1 aromatic carbocycles. The molecule has 1 aliphatic rings. The Labute approximate surface area is 182 Å². The lowest BCUT2D eigenvalue weighted by molar-refractivity contribution is 0.196. The molecule has 7 heteroatoms. The standard InChI is InChI=1S/C24H30FN5O/c1-3-26-24(28-15-23-17(2)21-14-18(25)7-8-22(21)31-23)29-19-9-12-30(13-10-19)16-20-6-4-5-11-27-20/h4-8,11,14,19H,3,9-10,12-13,15-16H2,1-2H3,(H2,26,28,29). The van der Waals surface area contributed by atoms with Gasteiger partial charge in [-0.2, -0.15) is 0 Å². The molecule has 3 heterocycles. The van der Waals surface area contributed by atoms with Gasteiger partial charge in [0.05, 0.1) is 5.69 Å². The van der Waals surface area contributed by atoms with Crippen molar-refractivity contribution in [2.75, 3.05) is 19.6 Å². The lowest BCUT2D eigenvalue weighted by Gasteiger charge is -2.32. The molecule has 2 aromatic heterocycles. The number of benzene rings is 1. The highest BCUT2D eigenvalue weighted by Gasteiger charge is 2.20. The van der Waals surface area contributed by atoms with E-state index in [-0.39, 0.29) is 5.82 Å². The second-order valence-corrected chi connectivity index (χ2v) is 8.00. The molecule has 0 bridgehead atoms. The van der Waals surface area contributed by atoms with Gasteiger partial charge in [0.25, 0.3) is 0 Å². The Kier molecular flexibility index (Phi) is 6.82. The molecule has 0 radical (unpaired) electrons.